The molecule has 0 saturated heterocycles. The number of halogens is 2. The summed E-state index contributed by atoms with van der Waals surface area (Å²) in [6.45, 7) is 3.35. The predicted molar refractivity (Wildman–Crippen MR) is 55.1 cm³/mol. The molecule has 0 amide bonds. The molecular weight excluding hydrogens is 189 g/mol. The Morgan fingerprint density at radius 2 is 2.15 bits per heavy atom. The lowest BCUT2D eigenvalue weighted by Crippen LogP contribution is -2.24. The lowest BCUT2D eigenvalue weighted by molar-refractivity contribution is 0.235. The first-order valence-electron chi connectivity index (χ1n) is 4.16. The van der Waals surface area contributed by atoms with Crippen molar-refractivity contribution in [3.8, 4) is 0 Å². The van der Waals surface area contributed by atoms with Gasteiger partial charge in [0.25, 0.3) is 0 Å². The highest BCUT2D eigenvalue weighted by Crippen LogP contribution is 2.16. The molecule has 1 nitrogen and oxygen atoms in total. The largest absolute Gasteiger partial charge is 0.382 e. The highest BCUT2D eigenvalue weighted by molar-refractivity contribution is 6.30. The first kappa shape index (κ1) is 10.3. The Labute approximate surface area is 82.9 Å². The van der Waals surface area contributed by atoms with Crippen LogP contribution in [0, 0.1) is 0 Å². The van der Waals surface area contributed by atoms with E-state index in [1.807, 2.05) is 12.1 Å². The normalized spacial score (nSPS) is 11.4. The Bertz CT molecular complexity index is 280. The molecule has 0 atom stereocenters. The Morgan fingerprint density at radius 1 is 1.46 bits per heavy atom. The van der Waals surface area contributed by atoms with Crippen LogP contribution < -0.4 is 5.32 Å². The molecule has 1 aromatic rings. The van der Waals surface area contributed by atoms with Gasteiger partial charge in [0.15, 0.2) is 0 Å². The Morgan fingerprint density at radius 3 is 2.69 bits per heavy atom. The highest BCUT2D eigenvalue weighted by Gasteiger charge is 2.14. The van der Waals surface area contributed by atoms with Crippen molar-refractivity contribution in [3.05, 3.63) is 29.3 Å². The van der Waals surface area contributed by atoms with Gasteiger partial charge >= 0.3 is 0 Å². The summed E-state index contributed by atoms with van der Waals surface area (Å²) in [6.07, 6.45) is 0. The minimum Gasteiger partial charge on any atom is -0.382 e. The van der Waals surface area contributed by atoms with Gasteiger partial charge in [0.2, 0.25) is 0 Å². The van der Waals surface area contributed by atoms with Crippen LogP contribution in [0.4, 0.5) is 10.1 Å². The first-order valence-corrected chi connectivity index (χ1v) is 4.53. The monoisotopic (exact) mass is 201 g/mol. The van der Waals surface area contributed by atoms with Gasteiger partial charge in [-0.15, -0.1) is 0 Å². The fourth-order valence-electron chi connectivity index (χ4n) is 0.911. The van der Waals surface area contributed by atoms with E-state index < -0.39 is 5.67 Å². The van der Waals surface area contributed by atoms with E-state index in [4.69, 9.17) is 11.6 Å². The molecule has 3 heteroatoms. The Balaban J connectivity index is 2.55. The number of anilines is 1. The third kappa shape index (κ3) is 4.13. The number of alkyl halides is 1. The zero-order chi connectivity index (χ0) is 9.90. The summed E-state index contributed by atoms with van der Waals surface area (Å²) in [4.78, 5) is 0. The molecule has 0 aromatic heterocycles. The summed E-state index contributed by atoms with van der Waals surface area (Å²) in [7, 11) is 0. The smallest absolute Gasteiger partial charge is 0.122 e. The van der Waals surface area contributed by atoms with E-state index in [2.05, 4.69) is 5.32 Å². The minimum atomic E-state index is -1.21. The number of hydrogen-bond acceptors (Lipinski definition) is 1. The van der Waals surface area contributed by atoms with Crippen LogP contribution in [0.3, 0.4) is 0 Å². The molecule has 0 aliphatic rings. The lowest BCUT2D eigenvalue weighted by Gasteiger charge is -2.15. The third-order valence-electron chi connectivity index (χ3n) is 1.54. The van der Waals surface area contributed by atoms with Gasteiger partial charge in [-0.3, -0.25) is 0 Å². The van der Waals surface area contributed by atoms with Crippen molar-refractivity contribution in [2.24, 2.45) is 0 Å². The van der Waals surface area contributed by atoms with Gasteiger partial charge in [-0.05, 0) is 32.0 Å². The second kappa shape index (κ2) is 3.97. The maximum Gasteiger partial charge on any atom is 0.122 e. The van der Waals surface area contributed by atoms with Crippen molar-refractivity contribution in [3.63, 3.8) is 0 Å². The van der Waals surface area contributed by atoms with Crippen molar-refractivity contribution in [2.45, 2.75) is 19.5 Å². The quantitative estimate of drug-likeness (QED) is 0.790. The van der Waals surface area contributed by atoms with Gasteiger partial charge in [-0.1, -0.05) is 17.7 Å². The predicted octanol–water partition coefficient (Wildman–Crippen LogP) is 3.50. The average molecular weight is 202 g/mol. The van der Waals surface area contributed by atoms with Crippen LogP contribution in [-0.4, -0.2) is 12.2 Å². The molecule has 1 rings (SSSR count). The molecule has 1 aromatic carbocycles. The molecule has 0 unspecified atom stereocenters. The molecule has 0 radical (unpaired) electrons. The molecular formula is C10H13ClFN. The summed E-state index contributed by atoms with van der Waals surface area (Å²) in [6, 6.07) is 7.24. The van der Waals surface area contributed by atoms with Gasteiger partial charge < -0.3 is 5.32 Å². The van der Waals surface area contributed by atoms with E-state index in [0.29, 0.717) is 5.02 Å². The number of hydrogen-bond donors (Lipinski definition) is 1. The van der Waals surface area contributed by atoms with Crippen molar-refractivity contribution in [1.82, 2.24) is 0 Å². The van der Waals surface area contributed by atoms with Crippen LogP contribution in [0.15, 0.2) is 24.3 Å². The zero-order valence-corrected chi connectivity index (χ0v) is 8.53. The molecule has 0 fully saturated rings. The molecule has 13 heavy (non-hydrogen) atoms. The van der Waals surface area contributed by atoms with Gasteiger partial charge in [-0.25, -0.2) is 4.39 Å². The summed E-state index contributed by atoms with van der Waals surface area (Å²) < 4.78 is 13.1. The molecule has 0 bridgehead atoms. The van der Waals surface area contributed by atoms with Crippen LogP contribution in [0.5, 0.6) is 0 Å². The molecule has 0 spiro atoms. The van der Waals surface area contributed by atoms with Crippen molar-refractivity contribution < 1.29 is 4.39 Å². The van der Waals surface area contributed by atoms with Crippen molar-refractivity contribution >= 4 is 17.3 Å². The zero-order valence-electron chi connectivity index (χ0n) is 7.77. The van der Waals surface area contributed by atoms with E-state index >= 15 is 0 Å². The summed E-state index contributed by atoms with van der Waals surface area (Å²) in [5.74, 6) is 0. The van der Waals surface area contributed by atoms with Crippen molar-refractivity contribution in [1.29, 1.82) is 0 Å². The lowest BCUT2D eigenvalue weighted by atomic mass is 10.2. The van der Waals surface area contributed by atoms with Crippen LogP contribution in [0.2, 0.25) is 5.02 Å². The topological polar surface area (TPSA) is 12.0 Å². The van der Waals surface area contributed by atoms with Gasteiger partial charge in [-0.2, -0.15) is 0 Å². The fraction of sp³-hybridized carbons (Fsp3) is 0.400. The van der Waals surface area contributed by atoms with Gasteiger partial charge in [0.1, 0.15) is 5.67 Å². The van der Waals surface area contributed by atoms with E-state index in [9.17, 15) is 4.39 Å². The van der Waals surface area contributed by atoms with E-state index in [-0.39, 0.29) is 6.54 Å². The average Bonchev–Trinajstić information content (AvgIpc) is 2.00. The van der Waals surface area contributed by atoms with Gasteiger partial charge in [0, 0.05) is 17.3 Å². The molecule has 0 aliphatic heterocycles. The minimum absolute atomic E-state index is 0.285. The standard InChI is InChI=1S/C10H13ClFN/c1-10(2,12)7-13-9-5-3-4-8(11)6-9/h3-6,13H,7H2,1-2H3. The molecule has 0 heterocycles. The molecule has 0 aliphatic carbocycles. The maximum atomic E-state index is 13.1. The fourth-order valence-corrected chi connectivity index (χ4v) is 1.10. The van der Waals surface area contributed by atoms with Crippen LogP contribution in [0.1, 0.15) is 13.8 Å². The summed E-state index contributed by atoms with van der Waals surface area (Å²) >= 11 is 5.76. The number of nitrogens with one attached hydrogen (secondary N) is 1. The molecule has 0 saturated carbocycles. The third-order valence-corrected chi connectivity index (χ3v) is 1.77. The van der Waals surface area contributed by atoms with Crippen LogP contribution >= 0.6 is 11.6 Å². The van der Waals surface area contributed by atoms with E-state index in [1.54, 1.807) is 12.1 Å². The Hall–Kier alpha value is -0.760. The number of benzene rings is 1. The van der Waals surface area contributed by atoms with Crippen molar-refractivity contribution in [2.75, 3.05) is 11.9 Å². The van der Waals surface area contributed by atoms with Crippen LogP contribution in [-0.2, 0) is 0 Å². The number of rotatable bonds is 3. The molecule has 1 N–H and O–H groups in total. The maximum absolute atomic E-state index is 13.1. The second-order valence-electron chi connectivity index (χ2n) is 3.58. The van der Waals surface area contributed by atoms with E-state index in [0.717, 1.165) is 5.69 Å². The summed E-state index contributed by atoms with van der Waals surface area (Å²) in [5, 5.41) is 3.62. The first-order chi connectivity index (χ1) is 5.97. The second-order valence-corrected chi connectivity index (χ2v) is 4.02. The molecule has 72 valence electrons. The van der Waals surface area contributed by atoms with Crippen LogP contribution in [0.25, 0.3) is 0 Å². The Kier molecular flexibility index (Phi) is 3.15. The highest BCUT2D eigenvalue weighted by atomic mass is 35.5. The van der Waals surface area contributed by atoms with E-state index in [1.165, 1.54) is 13.8 Å². The van der Waals surface area contributed by atoms with Gasteiger partial charge in [0.05, 0.1) is 0 Å². The SMILES string of the molecule is CC(C)(F)CNc1cccc(Cl)c1. The summed E-state index contributed by atoms with van der Waals surface area (Å²) in [5.41, 5.74) is -0.360.